The van der Waals surface area contributed by atoms with Gasteiger partial charge < -0.3 is 15.3 Å². The van der Waals surface area contributed by atoms with Gasteiger partial charge in [-0.2, -0.15) is 0 Å². The molecule has 0 aromatic heterocycles. The first kappa shape index (κ1) is 20.7. The van der Waals surface area contributed by atoms with Crippen LogP contribution < -0.4 is 0 Å². The Morgan fingerprint density at radius 1 is 1.38 bits per heavy atom. The predicted molar refractivity (Wildman–Crippen MR) is 102 cm³/mol. The Morgan fingerprint density at radius 3 is 2.85 bits per heavy atom. The quantitative estimate of drug-likeness (QED) is 0.351. The van der Waals surface area contributed by atoms with Crippen LogP contribution in [0.4, 0.5) is 0 Å². The van der Waals surface area contributed by atoms with E-state index in [1.54, 1.807) is 6.92 Å². The zero-order valence-corrected chi connectivity index (χ0v) is 15.9. The van der Waals surface area contributed by atoms with Crippen LogP contribution in [-0.4, -0.2) is 33.5 Å². The Balaban J connectivity index is 1.89. The third kappa shape index (κ3) is 5.72. The summed E-state index contributed by atoms with van der Waals surface area (Å²) in [5, 5.41) is 29.4. The highest BCUT2D eigenvalue weighted by molar-refractivity contribution is 5.66. The number of fused-ring (bicyclic) bond motifs is 1. The van der Waals surface area contributed by atoms with E-state index in [9.17, 15) is 15.0 Å². The average molecular weight is 360 g/mol. The van der Waals surface area contributed by atoms with E-state index in [2.05, 4.69) is 17.9 Å². The summed E-state index contributed by atoms with van der Waals surface area (Å²) in [7, 11) is 0. The summed E-state index contributed by atoms with van der Waals surface area (Å²) in [5.41, 5.74) is 1.41. The zero-order valence-electron chi connectivity index (χ0n) is 15.9. The average Bonchev–Trinajstić information content (AvgIpc) is 3.10. The molecule has 0 radical (unpaired) electrons. The van der Waals surface area contributed by atoms with Gasteiger partial charge in [0.15, 0.2) is 0 Å². The molecule has 2 fully saturated rings. The summed E-state index contributed by atoms with van der Waals surface area (Å²) in [6.07, 6.45) is 10.4. The molecule has 2 aliphatic carbocycles. The summed E-state index contributed by atoms with van der Waals surface area (Å²) >= 11 is 0. The lowest BCUT2D eigenvalue weighted by atomic mass is 9.89. The van der Waals surface area contributed by atoms with Crippen LogP contribution in [0.3, 0.4) is 0 Å². The van der Waals surface area contributed by atoms with Crippen LogP contribution in [0.5, 0.6) is 0 Å². The molecule has 0 aromatic rings. The van der Waals surface area contributed by atoms with Gasteiger partial charge in [0, 0.05) is 18.8 Å². The maximum atomic E-state index is 10.6. The molecule has 3 N–H and O–H groups in total. The molecular formula is C22H32O4. The van der Waals surface area contributed by atoms with Gasteiger partial charge in [-0.1, -0.05) is 30.7 Å². The predicted octanol–water partition coefficient (Wildman–Crippen LogP) is 3.54. The van der Waals surface area contributed by atoms with E-state index in [0.717, 1.165) is 25.7 Å². The van der Waals surface area contributed by atoms with Crippen molar-refractivity contribution in [3.8, 4) is 11.8 Å². The van der Waals surface area contributed by atoms with Gasteiger partial charge in [-0.25, -0.2) is 0 Å². The van der Waals surface area contributed by atoms with E-state index in [0.29, 0.717) is 24.7 Å². The van der Waals surface area contributed by atoms with Crippen molar-refractivity contribution < 1.29 is 20.1 Å². The molecule has 0 amide bonds. The van der Waals surface area contributed by atoms with E-state index in [1.807, 2.05) is 19.1 Å². The topological polar surface area (TPSA) is 77.8 Å². The lowest BCUT2D eigenvalue weighted by Gasteiger charge is -2.19. The number of unbranched alkanes of at least 4 members (excludes halogenated alkanes) is 1. The summed E-state index contributed by atoms with van der Waals surface area (Å²) in [6, 6.07) is 0. The summed E-state index contributed by atoms with van der Waals surface area (Å²) in [4.78, 5) is 10.6. The summed E-state index contributed by atoms with van der Waals surface area (Å²) in [6.45, 7) is 3.79. The third-order valence-corrected chi connectivity index (χ3v) is 5.85. The fraction of sp³-hybridized carbons (Fsp3) is 0.682. The first-order chi connectivity index (χ1) is 12.4. The minimum atomic E-state index is -0.738. The molecule has 2 aliphatic rings. The number of aliphatic hydroxyl groups is 2. The molecule has 0 saturated heterocycles. The minimum Gasteiger partial charge on any atom is -0.481 e. The van der Waals surface area contributed by atoms with Crippen LogP contribution in [0.25, 0.3) is 0 Å². The Bertz CT molecular complexity index is 595. The van der Waals surface area contributed by atoms with Crippen molar-refractivity contribution in [2.75, 3.05) is 0 Å². The standard InChI is InChI=1S/C22H32O4/c1-3-4-7-15(2)20(23)11-10-18-19-13-16(8-5-6-9-22(25)26)12-17(19)14-21(18)24/h8,10-11,15,17-21,23-24H,5-7,9,12-14H2,1-2H3,(H,25,26)/b11-10+,16-8-/t15-,17+,18+,19+,20-,21+/m0/s1. The van der Waals surface area contributed by atoms with Gasteiger partial charge in [0.2, 0.25) is 0 Å². The highest BCUT2D eigenvalue weighted by Crippen LogP contribution is 2.50. The van der Waals surface area contributed by atoms with Gasteiger partial charge in [-0.3, -0.25) is 4.79 Å². The maximum Gasteiger partial charge on any atom is 0.303 e. The van der Waals surface area contributed by atoms with Gasteiger partial charge in [0.05, 0.1) is 12.2 Å². The first-order valence-corrected chi connectivity index (χ1v) is 9.76. The number of carbonyl (C=O) groups is 1. The number of aliphatic hydroxyl groups excluding tert-OH is 2. The molecule has 6 atom stereocenters. The Labute approximate surface area is 157 Å². The third-order valence-electron chi connectivity index (χ3n) is 5.85. The number of hydrogen-bond donors (Lipinski definition) is 3. The molecular weight excluding hydrogens is 328 g/mol. The molecule has 0 heterocycles. The largest absolute Gasteiger partial charge is 0.481 e. The van der Waals surface area contributed by atoms with Crippen LogP contribution in [0.2, 0.25) is 0 Å². The van der Waals surface area contributed by atoms with Crippen molar-refractivity contribution >= 4 is 5.97 Å². The van der Waals surface area contributed by atoms with E-state index in [1.165, 1.54) is 5.57 Å². The van der Waals surface area contributed by atoms with Crippen LogP contribution in [0, 0.1) is 35.5 Å². The van der Waals surface area contributed by atoms with Crippen LogP contribution >= 0.6 is 0 Å². The number of rotatable bonds is 8. The van der Waals surface area contributed by atoms with Gasteiger partial charge in [0.1, 0.15) is 0 Å². The second-order valence-corrected chi connectivity index (χ2v) is 7.84. The van der Waals surface area contributed by atoms with Crippen molar-refractivity contribution in [1.29, 1.82) is 0 Å². The monoisotopic (exact) mass is 360 g/mol. The molecule has 0 bridgehead atoms. The van der Waals surface area contributed by atoms with Crippen molar-refractivity contribution in [2.45, 2.75) is 71.0 Å². The number of allylic oxidation sites excluding steroid dienone is 2. The zero-order chi connectivity index (χ0) is 19.1. The Kier molecular flexibility index (Phi) is 7.93. The molecule has 4 nitrogen and oxygen atoms in total. The Hall–Kier alpha value is -1.57. The molecule has 2 saturated carbocycles. The van der Waals surface area contributed by atoms with Crippen molar-refractivity contribution in [1.82, 2.24) is 0 Å². The van der Waals surface area contributed by atoms with Gasteiger partial charge in [-0.15, -0.1) is 11.8 Å². The molecule has 0 spiro atoms. The van der Waals surface area contributed by atoms with Crippen molar-refractivity contribution in [3.05, 3.63) is 23.8 Å². The second kappa shape index (κ2) is 9.94. The lowest BCUT2D eigenvalue weighted by Crippen LogP contribution is -2.19. The first-order valence-electron chi connectivity index (χ1n) is 9.76. The van der Waals surface area contributed by atoms with Crippen LogP contribution in [-0.2, 0) is 4.79 Å². The maximum absolute atomic E-state index is 10.6. The van der Waals surface area contributed by atoms with Crippen LogP contribution in [0.1, 0.15) is 58.8 Å². The van der Waals surface area contributed by atoms with Crippen molar-refractivity contribution in [3.63, 3.8) is 0 Å². The van der Waals surface area contributed by atoms with Gasteiger partial charge >= 0.3 is 5.97 Å². The summed E-state index contributed by atoms with van der Waals surface area (Å²) < 4.78 is 0. The van der Waals surface area contributed by atoms with E-state index in [-0.39, 0.29) is 24.4 Å². The fourth-order valence-electron chi connectivity index (χ4n) is 4.31. The summed E-state index contributed by atoms with van der Waals surface area (Å²) in [5.74, 6) is 6.25. The molecule has 4 heteroatoms. The van der Waals surface area contributed by atoms with E-state index >= 15 is 0 Å². The highest BCUT2D eigenvalue weighted by atomic mass is 16.4. The smallest absolute Gasteiger partial charge is 0.303 e. The molecule has 0 aliphatic heterocycles. The van der Waals surface area contributed by atoms with Crippen molar-refractivity contribution in [2.24, 2.45) is 23.7 Å². The SMILES string of the molecule is CC#CC[C@H](C)[C@@H](O)/C=C/[C@@H]1[C@@H]2C/C(=C\CCCC(=O)O)C[C@@H]2C[C@H]1O. The molecule has 144 valence electrons. The normalized spacial score (nSPS) is 31.6. The minimum absolute atomic E-state index is 0.0845. The van der Waals surface area contributed by atoms with E-state index in [4.69, 9.17) is 5.11 Å². The van der Waals surface area contributed by atoms with Gasteiger partial charge in [-0.05, 0) is 56.8 Å². The lowest BCUT2D eigenvalue weighted by molar-refractivity contribution is -0.137. The number of aliphatic carboxylic acids is 1. The molecule has 0 aromatic carbocycles. The highest BCUT2D eigenvalue weighted by Gasteiger charge is 2.44. The molecule has 0 unspecified atom stereocenters. The number of carboxylic acid groups (broad SMARTS) is 1. The van der Waals surface area contributed by atoms with Gasteiger partial charge in [0.25, 0.3) is 0 Å². The second-order valence-electron chi connectivity index (χ2n) is 7.84. The molecule has 26 heavy (non-hydrogen) atoms. The van der Waals surface area contributed by atoms with Crippen LogP contribution in [0.15, 0.2) is 23.8 Å². The Morgan fingerprint density at radius 2 is 2.15 bits per heavy atom. The number of carboxylic acids is 1. The fourth-order valence-corrected chi connectivity index (χ4v) is 4.31. The van der Waals surface area contributed by atoms with E-state index < -0.39 is 12.1 Å². The molecule has 2 rings (SSSR count). The number of hydrogen-bond acceptors (Lipinski definition) is 3.